The van der Waals surface area contributed by atoms with Crippen LogP contribution in [0.1, 0.15) is 28.5 Å². The molecular weight excluding hydrogens is 274 g/mol. The molecule has 0 saturated carbocycles. The number of benzene rings is 2. The maximum absolute atomic E-state index is 5.66. The second-order valence-electron chi connectivity index (χ2n) is 5.34. The molecule has 22 heavy (non-hydrogen) atoms. The summed E-state index contributed by atoms with van der Waals surface area (Å²) < 4.78 is 5.66. The van der Waals surface area contributed by atoms with E-state index in [-0.39, 0.29) is 0 Å². The van der Waals surface area contributed by atoms with Crippen LogP contribution in [0.3, 0.4) is 0 Å². The fourth-order valence-corrected chi connectivity index (χ4v) is 2.22. The van der Waals surface area contributed by atoms with Crippen LogP contribution in [-0.2, 0) is 19.5 Å². The third-order valence-electron chi connectivity index (χ3n) is 3.43. The normalized spacial score (nSPS) is 10.8. The molecule has 0 spiro atoms. The summed E-state index contributed by atoms with van der Waals surface area (Å²) in [7, 11) is 0. The minimum absolute atomic E-state index is 0.579. The predicted molar refractivity (Wildman–Crippen MR) is 85.3 cm³/mol. The Morgan fingerprint density at radius 1 is 0.818 bits per heavy atom. The fraction of sp³-hybridized carbons (Fsp3) is 0.222. The zero-order valence-electron chi connectivity index (χ0n) is 12.6. The molecule has 0 amide bonds. The maximum Gasteiger partial charge on any atom is 0.230 e. The average molecular weight is 293 g/mol. The zero-order chi connectivity index (χ0) is 15.2. The van der Waals surface area contributed by atoms with Crippen molar-refractivity contribution < 1.29 is 4.42 Å². The minimum atomic E-state index is 0.579. The van der Waals surface area contributed by atoms with Crippen LogP contribution in [0.2, 0.25) is 0 Å². The highest BCUT2D eigenvalue weighted by Gasteiger charge is 2.06. The number of aryl methyl sites for hydroxylation is 1. The van der Waals surface area contributed by atoms with Gasteiger partial charge in [0.05, 0.1) is 13.0 Å². The molecule has 0 aliphatic heterocycles. The van der Waals surface area contributed by atoms with E-state index in [2.05, 4.69) is 58.8 Å². The quantitative estimate of drug-likeness (QED) is 0.758. The number of hydrogen-bond donors (Lipinski definition) is 1. The SMILES string of the molecule is Cc1ccc(CNCc2nnc(Cc3ccccc3)o2)cc1. The number of hydrogen-bond acceptors (Lipinski definition) is 4. The van der Waals surface area contributed by atoms with Crippen molar-refractivity contribution in [1.82, 2.24) is 15.5 Å². The van der Waals surface area contributed by atoms with Crippen LogP contribution < -0.4 is 5.32 Å². The van der Waals surface area contributed by atoms with Crippen molar-refractivity contribution in [2.24, 2.45) is 0 Å². The summed E-state index contributed by atoms with van der Waals surface area (Å²) in [6, 6.07) is 18.6. The van der Waals surface area contributed by atoms with Gasteiger partial charge in [-0.25, -0.2) is 0 Å². The summed E-state index contributed by atoms with van der Waals surface area (Å²) in [6.45, 7) is 3.45. The first kappa shape index (κ1) is 14.5. The van der Waals surface area contributed by atoms with E-state index in [0.717, 1.165) is 6.54 Å². The van der Waals surface area contributed by atoms with Gasteiger partial charge in [0.2, 0.25) is 11.8 Å². The molecule has 0 bridgehead atoms. The number of nitrogens with zero attached hydrogens (tertiary/aromatic N) is 2. The second-order valence-corrected chi connectivity index (χ2v) is 5.34. The Hall–Kier alpha value is -2.46. The van der Waals surface area contributed by atoms with Gasteiger partial charge in [0.25, 0.3) is 0 Å². The first-order chi connectivity index (χ1) is 10.8. The lowest BCUT2D eigenvalue weighted by molar-refractivity contribution is 0.438. The molecule has 1 aromatic heterocycles. The van der Waals surface area contributed by atoms with Gasteiger partial charge in [-0.1, -0.05) is 60.2 Å². The van der Waals surface area contributed by atoms with Crippen LogP contribution in [0.5, 0.6) is 0 Å². The number of aromatic nitrogens is 2. The topological polar surface area (TPSA) is 51.0 Å². The molecule has 0 saturated heterocycles. The van der Waals surface area contributed by atoms with Crippen molar-refractivity contribution in [3.8, 4) is 0 Å². The third-order valence-corrected chi connectivity index (χ3v) is 3.43. The molecule has 0 aliphatic rings. The molecule has 0 aliphatic carbocycles. The average Bonchev–Trinajstić information content (AvgIpc) is 2.98. The monoisotopic (exact) mass is 293 g/mol. The van der Waals surface area contributed by atoms with E-state index in [1.165, 1.54) is 16.7 Å². The second kappa shape index (κ2) is 7.00. The molecule has 1 heterocycles. The summed E-state index contributed by atoms with van der Waals surface area (Å²) >= 11 is 0. The first-order valence-electron chi connectivity index (χ1n) is 7.41. The number of nitrogens with one attached hydrogen (secondary N) is 1. The third kappa shape index (κ3) is 4.02. The fourth-order valence-electron chi connectivity index (χ4n) is 2.22. The Morgan fingerprint density at radius 3 is 2.32 bits per heavy atom. The molecule has 0 radical (unpaired) electrons. The largest absolute Gasteiger partial charge is 0.424 e. The molecule has 1 N–H and O–H groups in total. The first-order valence-corrected chi connectivity index (χ1v) is 7.41. The van der Waals surface area contributed by atoms with Crippen molar-refractivity contribution in [2.45, 2.75) is 26.4 Å². The summed E-state index contributed by atoms with van der Waals surface area (Å²) in [5.41, 5.74) is 3.69. The van der Waals surface area contributed by atoms with E-state index < -0.39 is 0 Å². The van der Waals surface area contributed by atoms with Crippen molar-refractivity contribution in [3.63, 3.8) is 0 Å². The lowest BCUT2D eigenvalue weighted by atomic mass is 10.1. The van der Waals surface area contributed by atoms with E-state index >= 15 is 0 Å². The van der Waals surface area contributed by atoms with E-state index in [1.54, 1.807) is 0 Å². The Kier molecular flexibility index (Phi) is 4.61. The predicted octanol–water partition coefficient (Wildman–Crippen LogP) is 3.26. The Bertz CT molecular complexity index is 705. The lowest BCUT2D eigenvalue weighted by Crippen LogP contribution is -2.12. The van der Waals surface area contributed by atoms with Crippen LogP contribution in [0, 0.1) is 6.92 Å². The standard InChI is InChI=1S/C18H19N3O/c1-14-7-9-16(10-8-14)12-19-13-18-21-20-17(22-18)11-15-5-3-2-4-6-15/h2-10,19H,11-13H2,1H3. The smallest absolute Gasteiger partial charge is 0.230 e. The van der Waals surface area contributed by atoms with Crippen LogP contribution in [0.4, 0.5) is 0 Å². The molecule has 0 fully saturated rings. The van der Waals surface area contributed by atoms with Crippen LogP contribution in [0.25, 0.3) is 0 Å². The van der Waals surface area contributed by atoms with Crippen LogP contribution in [-0.4, -0.2) is 10.2 Å². The van der Waals surface area contributed by atoms with Crippen molar-refractivity contribution in [1.29, 1.82) is 0 Å². The van der Waals surface area contributed by atoms with E-state index in [1.807, 2.05) is 18.2 Å². The summed E-state index contributed by atoms with van der Waals surface area (Å²) in [5, 5.41) is 11.5. The molecule has 0 unspecified atom stereocenters. The Balaban J connectivity index is 1.50. The molecule has 4 nitrogen and oxygen atoms in total. The van der Waals surface area contributed by atoms with Crippen molar-refractivity contribution in [3.05, 3.63) is 83.1 Å². The van der Waals surface area contributed by atoms with Gasteiger partial charge in [-0.15, -0.1) is 10.2 Å². The molecule has 0 atom stereocenters. The molecule has 3 rings (SSSR count). The van der Waals surface area contributed by atoms with Gasteiger partial charge in [0.15, 0.2) is 0 Å². The van der Waals surface area contributed by atoms with Crippen molar-refractivity contribution in [2.75, 3.05) is 0 Å². The zero-order valence-corrected chi connectivity index (χ0v) is 12.6. The molecule has 112 valence electrons. The Labute approximate surface area is 130 Å². The van der Waals surface area contributed by atoms with E-state index in [4.69, 9.17) is 4.42 Å². The van der Waals surface area contributed by atoms with Gasteiger partial charge in [-0.3, -0.25) is 0 Å². The Morgan fingerprint density at radius 2 is 1.55 bits per heavy atom. The summed E-state index contributed by atoms with van der Waals surface area (Å²) in [4.78, 5) is 0. The molecule has 4 heteroatoms. The van der Waals surface area contributed by atoms with Gasteiger partial charge >= 0.3 is 0 Å². The van der Waals surface area contributed by atoms with Gasteiger partial charge in [-0.2, -0.15) is 0 Å². The molecular formula is C18H19N3O. The van der Waals surface area contributed by atoms with Gasteiger partial charge in [0.1, 0.15) is 0 Å². The maximum atomic E-state index is 5.66. The van der Waals surface area contributed by atoms with E-state index in [9.17, 15) is 0 Å². The van der Waals surface area contributed by atoms with Gasteiger partial charge in [-0.05, 0) is 18.1 Å². The molecule has 3 aromatic rings. The van der Waals surface area contributed by atoms with Gasteiger partial charge < -0.3 is 9.73 Å². The summed E-state index contributed by atoms with van der Waals surface area (Å²) in [5.74, 6) is 1.27. The number of rotatable bonds is 6. The highest BCUT2D eigenvalue weighted by Crippen LogP contribution is 2.08. The van der Waals surface area contributed by atoms with E-state index in [0.29, 0.717) is 24.7 Å². The van der Waals surface area contributed by atoms with Gasteiger partial charge in [0, 0.05) is 6.54 Å². The summed E-state index contributed by atoms with van der Waals surface area (Å²) in [6.07, 6.45) is 0.672. The van der Waals surface area contributed by atoms with Crippen LogP contribution in [0.15, 0.2) is 59.0 Å². The van der Waals surface area contributed by atoms with Crippen molar-refractivity contribution >= 4 is 0 Å². The highest BCUT2D eigenvalue weighted by atomic mass is 16.4. The van der Waals surface area contributed by atoms with Crippen LogP contribution >= 0.6 is 0 Å². The minimum Gasteiger partial charge on any atom is -0.424 e. The molecule has 2 aromatic carbocycles. The highest BCUT2D eigenvalue weighted by molar-refractivity contribution is 5.21. The lowest BCUT2D eigenvalue weighted by Gasteiger charge is -2.02.